The van der Waals surface area contributed by atoms with E-state index in [1.165, 1.54) is 12.8 Å². The van der Waals surface area contributed by atoms with Gasteiger partial charge in [-0.15, -0.1) is 0 Å². The van der Waals surface area contributed by atoms with Crippen molar-refractivity contribution in [2.75, 3.05) is 0 Å². The van der Waals surface area contributed by atoms with Crippen LogP contribution in [-0.2, 0) is 22.9 Å². The van der Waals surface area contributed by atoms with E-state index in [1.54, 1.807) is 33.4 Å². The molecule has 0 aromatic heterocycles. The predicted molar refractivity (Wildman–Crippen MR) is 101 cm³/mol. The Morgan fingerprint density at radius 2 is 0.957 bits per heavy atom. The third kappa shape index (κ3) is 2.57. The first-order chi connectivity index (χ1) is 10.6. The minimum atomic E-state index is -1.04. The first kappa shape index (κ1) is 19.2. The molecule has 2 unspecified atom stereocenters. The van der Waals surface area contributed by atoms with Gasteiger partial charge < -0.3 is 2.85 Å². The van der Waals surface area contributed by atoms with Crippen LogP contribution in [0, 0.1) is 10.8 Å². The zero-order valence-corrected chi connectivity index (χ0v) is 20.5. The van der Waals surface area contributed by atoms with Crippen molar-refractivity contribution in [2.24, 2.45) is 10.8 Å². The fourth-order valence-electron chi connectivity index (χ4n) is 4.44. The quantitative estimate of drug-likeness (QED) is 0.370. The Morgan fingerprint density at radius 1 is 0.652 bits per heavy atom. The van der Waals surface area contributed by atoms with Crippen LogP contribution < -0.4 is 0 Å². The second-order valence-corrected chi connectivity index (χ2v) is 12.5. The average molecular weight is 479 g/mol. The van der Waals surface area contributed by atoms with Crippen LogP contribution in [0.4, 0.5) is 0 Å². The third-order valence-corrected chi connectivity index (χ3v) is 15.9. The Morgan fingerprint density at radius 3 is 1.22 bits per heavy atom. The zero-order chi connectivity index (χ0) is 17.7. The molecule has 2 aliphatic rings. The Hall–Kier alpha value is -0.170. The SMILES string of the molecule is CCC1(C)C(C)=C(C)C(C)=[C]1[Hf][C]1=C(C)C(C)=C(C)C1(C)CC.[H-].[H-]. The molecule has 0 saturated carbocycles. The van der Waals surface area contributed by atoms with Crippen molar-refractivity contribution < 1.29 is 25.8 Å². The monoisotopic (exact) mass is 480 g/mol. The molecule has 0 spiro atoms. The van der Waals surface area contributed by atoms with Gasteiger partial charge >= 0.3 is 156 Å². The summed E-state index contributed by atoms with van der Waals surface area (Å²) in [5, 5.41) is 0. The van der Waals surface area contributed by atoms with E-state index in [2.05, 4.69) is 69.2 Å². The van der Waals surface area contributed by atoms with Gasteiger partial charge in [0.2, 0.25) is 0 Å². The maximum Gasteiger partial charge on any atom is -1.00 e. The van der Waals surface area contributed by atoms with Gasteiger partial charge in [0.25, 0.3) is 0 Å². The molecule has 0 radical (unpaired) electrons. The molecule has 1 heteroatoms. The van der Waals surface area contributed by atoms with E-state index in [0.717, 1.165) is 0 Å². The van der Waals surface area contributed by atoms with Gasteiger partial charge in [-0.2, -0.15) is 0 Å². The largest absolute Gasteiger partial charge is 1.00 e. The molecule has 23 heavy (non-hydrogen) atoms. The molecule has 0 fully saturated rings. The summed E-state index contributed by atoms with van der Waals surface area (Å²) in [5.41, 5.74) is 10.4. The van der Waals surface area contributed by atoms with Crippen molar-refractivity contribution >= 4 is 0 Å². The Kier molecular flexibility index (Phi) is 5.23. The average Bonchev–Trinajstić information content (AvgIpc) is 2.81. The molecule has 2 aliphatic carbocycles. The van der Waals surface area contributed by atoms with E-state index in [1.807, 2.05) is 6.66 Å². The van der Waals surface area contributed by atoms with Crippen LogP contribution in [0.5, 0.6) is 0 Å². The molecule has 0 aromatic rings. The number of rotatable bonds is 4. The van der Waals surface area contributed by atoms with Crippen LogP contribution in [0.1, 0.15) is 84.9 Å². The Bertz CT molecular complexity index is 620. The predicted octanol–water partition coefficient (Wildman–Crippen LogP) is 7.37. The van der Waals surface area contributed by atoms with Gasteiger partial charge in [0.1, 0.15) is 0 Å². The molecular formula is C22H36Hf-2. The summed E-state index contributed by atoms with van der Waals surface area (Å²) >= 11 is -1.04. The van der Waals surface area contributed by atoms with Crippen molar-refractivity contribution in [1.82, 2.24) is 0 Å². The molecule has 0 N–H and O–H groups in total. The number of hydrogen-bond donors (Lipinski definition) is 0. The van der Waals surface area contributed by atoms with Crippen molar-refractivity contribution in [3.05, 3.63) is 40.1 Å². The molecule has 0 bridgehead atoms. The maximum absolute atomic E-state index is 2.51. The third-order valence-electron chi connectivity index (χ3n) is 7.42. The summed E-state index contributed by atoms with van der Waals surface area (Å²) in [6.07, 6.45) is 2.49. The molecular weight excluding hydrogens is 443 g/mol. The first-order valence-electron chi connectivity index (χ1n) is 9.12. The van der Waals surface area contributed by atoms with E-state index < -0.39 is 22.9 Å². The number of allylic oxidation sites excluding steroid dienone is 8. The molecule has 0 aliphatic heterocycles. The molecule has 0 heterocycles. The smallest absolute Gasteiger partial charge is 1.00 e. The van der Waals surface area contributed by atoms with Gasteiger partial charge in [-0.25, -0.2) is 0 Å². The van der Waals surface area contributed by atoms with E-state index in [0.29, 0.717) is 10.8 Å². The Labute approximate surface area is 158 Å². The van der Waals surface area contributed by atoms with E-state index in [4.69, 9.17) is 0 Å². The second kappa shape index (κ2) is 6.28. The summed E-state index contributed by atoms with van der Waals surface area (Å²) in [4.78, 5) is 0. The molecule has 2 atom stereocenters. The van der Waals surface area contributed by atoms with Gasteiger partial charge in [-0.3, -0.25) is 0 Å². The zero-order valence-electron chi connectivity index (χ0n) is 18.9. The van der Waals surface area contributed by atoms with Gasteiger partial charge in [-0.05, 0) is 0 Å². The molecule has 0 saturated heterocycles. The van der Waals surface area contributed by atoms with Crippen LogP contribution in [0.2, 0.25) is 0 Å². The molecule has 0 nitrogen and oxygen atoms in total. The minimum absolute atomic E-state index is 0. The second-order valence-electron chi connectivity index (χ2n) is 8.00. The summed E-state index contributed by atoms with van der Waals surface area (Å²) in [6.45, 7) is 24.0. The van der Waals surface area contributed by atoms with Gasteiger partial charge in [0.05, 0.1) is 0 Å². The first-order valence-corrected chi connectivity index (χ1v) is 12.7. The van der Waals surface area contributed by atoms with Gasteiger partial charge in [0.15, 0.2) is 0 Å². The standard InChI is InChI=1S/2C11H17.Hf.2H/c2*1-6-11(5)7-8(2)9(3)10(11)4;;;/h2*6H2,1-5H3;;;/q;;;2*-1. The van der Waals surface area contributed by atoms with Crippen molar-refractivity contribution in [1.29, 1.82) is 0 Å². The van der Waals surface area contributed by atoms with Crippen LogP contribution in [0.15, 0.2) is 40.1 Å². The maximum atomic E-state index is 2.51. The Balaban J connectivity index is 0.00000288. The van der Waals surface area contributed by atoms with Crippen molar-refractivity contribution in [2.45, 2.75) is 82.1 Å². The van der Waals surface area contributed by atoms with E-state index in [-0.39, 0.29) is 2.85 Å². The van der Waals surface area contributed by atoms with Crippen LogP contribution in [0.25, 0.3) is 0 Å². The van der Waals surface area contributed by atoms with Crippen LogP contribution in [-0.4, -0.2) is 0 Å². The summed E-state index contributed by atoms with van der Waals surface area (Å²) in [5.74, 6) is 0. The molecule has 0 aromatic carbocycles. The fraction of sp³-hybridized carbons (Fsp3) is 0.636. The molecule has 2 rings (SSSR count). The molecule has 0 amide bonds. The van der Waals surface area contributed by atoms with Crippen LogP contribution in [0.3, 0.4) is 0 Å². The number of hydrogen-bond acceptors (Lipinski definition) is 0. The van der Waals surface area contributed by atoms with Gasteiger partial charge in [0, 0.05) is 0 Å². The summed E-state index contributed by atoms with van der Waals surface area (Å²) in [7, 11) is 0. The molecule has 130 valence electrons. The normalized spacial score (nSPS) is 31.9. The van der Waals surface area contributed by atoms with Crippen molar-refractivity contribution in [3.63, 3.8) is 0 Å². The topological polar surface area (TPSA) is 0 Å². The summed E-state index contributed by atoms with van der Waals surface area (Å²) in [6, 6.07) is 0. The van der Waals surface area contributed by atoms with Gasteiger partial charge in [-0.1, -0.05) is 0 Å². The summed E-state index contributed by atoms with van der Waals surface area (Å²) < 4.78 is 3.73. The minimum Gasteiger partial charge on any atom is -1.00 e. The fourth-order valence-corrected chi connectivity index (χ4v) is 12.6. The van der Waals surface area contributed by atoms with E-state index >= 15 is 0 Å². The van der Waals surface area contributed by atoms with Crippen molar-refractivity contribution in [3.8, 4) is 0 Å². The van der Waals surface area contributed by atoms with Crippen LogP contribution >= 0.6 is 0 Å². The van der Waals surface area contributed by atoms with E-state index in [9.17, 15) is 0 Å².